The van der Waals surface area contributed by atoms with Crippen molar-refractivity contribution >= 4 is 27.9 Å². The van der Waals surface area contributed by atoms with E-state index in [1.807, 2.05) is 24.3 Å². The number of amides is 1. The quantitative estimate of drug-likeness (QED) is 0.787. The van der Waals surface area contributed by atoms with Crippen LogP contribution in [0.5, 0.6) is 0 Å². The Morgan fingerprint density at radius 3 is 2.45 bits per heavy atom. The first kappa shape index (κ1) is 16.4. The molecule has 0 aromatic heterocycles. The van der Waals surface area contributed by atoms with Gasteiger partial charge in [-0.3, -0.25) is 4.79 Å². The first-order chi connectivity index (χ1) is 10.5. The molecule has 114 valence electrons. The summed E-state index contributed by atoms with van der Waals surface area (Å²) in [6.45, 7) is 1.71. The minimum Gasteiger partial charge on any atom is -0.346 e. The molecule has 1 N–H and O–H groups in total. The highest BCUT2D eigenvalue weighted by Gasteiger charge is 2.10. The van der Waals surface area contributed by atoms with Crippen molar-refractivity contribution in [3.8, 4) is 0 Å². The summed E-state index contributed by atoms with van der Waals surface area (Å²) in [5, 5.41) is 2.70. The third-order valence-electron chi connectivity index (χ3n) is 3.10. The maximum Gasteiger partial charge on any atom is 0.244 e. The van der Waals surface area contributed by atoms with Gasteiger partial charge in [0.15, 0.2) is 11.6 Å². The lowest BCUT2D eigenvalue weighted by Gasteiger charge is -2.13. The average molecular weight is 366 g/mol. The van der Waals surface area contributed by atoms with Crippen LogP contribution in [0.15, 0.2) is 53.0 Å². The van der Waals surface area contributed by atoms with Gasteiger partial charge >= 0.3 is 0 Å². The van der Waals surface area contributed by atoms with E-state index < -0.39 is 17.7 Å². The van der Waals surface area contributed by atoms with Crippen molar-refractivity contribution in [3.63, 3.8) is 0 Å². The summed E-state index contributed by atoms with van der Waals surface area (Å²) in [6, 6.07) is 10.6. The van der Waals surface area contributed by atoms with E-state index in [4.69, 9.17) is 0 Å². The van der Waals surface area contributed by atoms with E-state index in [-0.39, 0.29) is 5.91 Å². The fourth-order valence-corrected chi connectivity index (χ4v) is 2.14. The van der Waals surface area contributed by atoms with Crippen LogP contribution in [-0.4, -0.2) is 5.91 Å². The lowest BCUT2D eigenvalue weighted by Crippen LogP contribution is -2.24. The molecule has 0 fully saturated rings. The third-order valence-corrected chi connectivity index (χ3v) is 3.63. The SMILES string of the molecule is CC(NC(=O)/C=C/c1ccc(Br)cc1)c1ccc(F)c(F)c1. The van der Waals surface area contributed by atoms with Gasteiger partial charge in [-0.2, -0.15) is 0 Å². The molecule has 0 spiro atoms. The van der Waals surface area contributed by atoms with Gasteiger partial charge < -0.3 is 5.32 Å². The van der Waals surface area contributed by atoms with E-state index in [2.05, 4.69) is 21.2 Å². The standard InChI is InChI=1S/C17H14BrF2NO/c1-11(13-5-8-15(19)16(20)10-13)21-17(22)9-4-12-2-6-14(18)7-3-12/h2-11H,1H3,(H,21,22)/b9-4+. The summed E-state index contributed by atoms with van der Waals surface area (Å²) >= 11 is 3.33. The van der Waals surface area contributed by atoms with Crippen LogP contribution in [0, 0.1) is 11.6 Å². The topological polar surface area (TPSA) is 29.1 Å². The van der Waals surface area contributed by atoms with Gasteiger partial charge in [0, 0.05) is 10.5 Å². The van der Waals surface area contributed by atoms with Gasteiger partial charge in [-0.1, -0.05) is 34.1 Å². The van der Waals surface area contributed by atoms with Gasteiger partial charge in [0.05, 0.1) is 6.04 Å². The van der Waals surface area contributed by atoms with Crippen LogP contribution in [0.25, 0.3) is 6.08 Å². The van der Waals surface area contributed by atoms with E-state index in [0.29, 0.717) is 5.56 Å². The molecule has 0 saturated heterocycles. The minimum absolute atomic E-state index is 0.305. The number of halogens is 3. The van der Waals surface area contributed by atoms with Crippen molar-refractivity contribution in [2.45, 2.75) is 13.0 Å². The van der Waals surface area contributed by atoms with Crippen LogP contribution in [0.3, 0.4) is 0 Å². The molecule has 2 nitrogen and oxygen atoms in total. The number of benzene rings is 2. The van der Waals surface area contributed by atoms with Crippen LogP contribution >= 0.6 is 15.9 Å². The summed E-state index contributed by atoms with van der Waals surface area (Å²) in [7, 11) is 0. The summed E-state index contributed by atoms with van der Waals surface area (Å²) in [4.78, 5) is 11.8. The zero-order valence-corrected chi connectivity index (χ0v) is 13.4. The molecule has 0 saturated carbocycles. The van der Waals surface area contributed by atoms with E-state index in [1.165, 1.54) is 12.1 Å². The number of carbonyl (C=O) groups is 1. The molecule has 0 heterocycles. The van der Waals surface area contributed by atoms with Crippen LogP contribution in [0.2, 0.25) is 0 Å². The fourth-order valence-electron chi connectivity index (χ4n) is 1.87. The summed E-state index contributed by atoms with van der Waals surface area (Å²) in [6.07, 6.45) is 3.08. The van der Waals surface area contributed by atoms with Crippen LogP contribution in [0.4, 0.5) is 8.78 Å². The molecule has 0 bridgehead atoms. The largest absolute Gasteiger partial charge is 0.346 e. The minimum atomic E-state index is -0.927. The molecule has 2 aromatic rings. The van der Waals surface area contributed by atoms with Crippen molar-refractivity contribution in [3.05, 3.63) is 75.8 Å². The molecule has 0 aliphatic rings. The highest BCUT2D eigenvalue weighted by Crippen LogP contribution is 2.16. The zero-order chi connectivity index (χ0) is 16.1. The Morgan fingerprint density at radius 2 is 1.82 bits per heavy atom. The third kappa shape index (κ3) is 4.49. The van der Waals surface area contributed by atoms with Gasteiger partial charge in [-0.05, 0) is 48.4 Å². The predicted octanol–water partition coefficient (Wildman–Crippen LogP) is 4.62. The van der Waals surface area contributed by atoms with Gasteiger partial charge in [-0.15, -0.1) is 0 Å². The van der Waals surface area contributed by atoms with E-state index >= 15 is 0 Å². The van der Waals surface area contributed by atoms with E-state index in [0.717, 1.165) is 22.2 Å². The van der Waals surface area contributed by atoms with Gasteiger partial charge in [0.25, 0.3) is 0 Å². The Balaban J connectivity index is 1.98. The first-order valence-corrected chi connectivity index (χ1v) is 7.44. The molecule has 0 radical (unpaired) electrons. The van der Waals surface area contributed by atoms with Crippen molar-refractivity contribution in [2.75, 3.05) is 0 Å². The van der Waals surface area contributed by atoms with Crippen LogP contribution < -0.4 is 5.32 Å². The molecule has 22 heavy (non-hydrogen) atoms. The van der Waals surface area contributed by atoms with E-state index in [1.54, 1.807) is 13.0 Å². The van der Waals surface area contributed by atoms with Crippen molar-refractivity contribution in [1.29, 1.82) is 0 Å². The first-order valence-electron chi connectivity index (χ1n) is 6.65. The predicted molar refractivity (Wildman–Crippen MR) is 86.1 cm³/mol. The highest BCUT2D eigenvalue weighted by atomic mass is 79.9. The molecular formula is C17H14BrF2NO. The van der Waals surface area contributed by atoms with Crippen molar-refractivity contribution < 1.29 is 13.6 Å². The molecule has 1 amide bonds. The molecule has 2 aromatic carbocycles. The van der Waals surface area contributed by atoms with Gasteiger partial charge in [0.2, 0.25) is 5.91 Å². The maximum absolute atomic E-state index is 13.2. The second-order valence-electron chi connectivity index (χ2n) is 4.79. The Bertz CT molecular complexity index is 698. The Labute approximate surface area is 136 Å². The summed E-state index contributed by atoms with van der Waals surface area (Å²) in [5.41, 5.74) is 1.39. The number of hydrogen-bond acceptors (Lipinski definition) is 1. The monoisotopic (exact) mass is 365 g/mol. The second kappa shape index (κ2) is 7.31. The average Bonchev–Trinajstić information content (AvgIpc) is 2.49. The fraction of sp³-hybridized carbons (Fsp3) is 0.118. The van der Waals surface area contributed by atoms with Gasteiger partial charge in [0.1, 0.15) is 0 Å². The Morgan fingerprint density at radius 1 is 1.14 bits per heavy atom. The molecular weight excluding hydrogens is 352 g/mol. The van der Waals surface area contributed by atoms with E-state index in [9.17, 15) is 13.6 Å². The highest BCUT2D eigenvalue weighted by molar-refractivity contribution is 9.10. The lowest BCUT2D eigenvalue weighted by atomic mass is 10.1. The maximum atomic E-state index is 13.2. The van der Waals surface area contributed by atoms with Crippen molar-refractivity contribution in [1.82, 2.24) is 5.32 Å². The second-order valence-corrected chi connectivity index (χ2v) is 5.70. The Hall–Kier alpha value is -2.01. The lowest BCUT2D eigenvalue weighted by molar-refractivity contribution is -0.117. The molecule has 0 aliphatic heterocycles. The number of carbonyl (C=O) groups excluding carboxylic acids is 1. The number of nitrogens with one attached hydrogen (secondary N) is 1. The van der Waals surface area contributed by atoms with Crippen LogP contribution in [0.1, 0.15) is 24.1 Å². The van der Waals surface area contributed by atoms with Crippen molar-refractivity contribution in [2.24, 2.45) is 0 Å². The molecule has 1 atom stereocenters. The molecule has 5 heteroatoms. The van der Waals surface area contributed by atoms with Crippen LogP contribution in [-0.2, 0) is 4.79 Å². The molecule has 2 rings (SSSR count). The Kier molecular flexibility index (Phi) is 5.44. The number of rotatable bonds is 4. The summed E-state index contributed by atoms with van der Waals surface area (Å²) < 4.78 is 27.0. The summed E-state index contributed by atoms with van der Waals surface area (Å²) in [5.74, 6) is -2.14. The molecule has 1 unspecified atom stereocenters. The zero-order valence-electron chi connectivity index (χ0n) is 11.8. The molecule has 0 aliphatic carbocycles. The normalized spacial score (nSPS) is 12.4. The number of hydrogen-bond donors (Lipinski definition) is 1. The smallest absolute Gasteiger partial charge is 0.244 e. The van der Waals surface area contributed by atoms with Gasteiger partial charge in [-0.25, -0.2) is 8.78 Å².